The van der Waals surface area contributed by atoms with Crippen LogP contribution in [0.3, 0.4) is 0 Å². The van der Waals surface area contributed by atoms with Crippen LogP contribution in [0.4, 0.5) is 5.82 Å². The molecular formula is C22H25N3O3. The van der Waals surface area contributed by atoms with Gasteiger partial charge in [-0.2, -0.15) is 5.10 Å². The number of hydrogen-bond acceptors (Lipinski definition) is 5. The van der Waals surface area contributed by atoms with Crippen LogP contribution >= 0.6 is 0 Å². The molecular weight excluding hydrogens is 354 g/mol. The summed E-state index contributed by atoms with van der Waals surface area (Å²) in [4.78, 5) is 0. The Balaban J connectivity index is 1.96. The highest BCUT2D eigenvalue weighted by Gasteiger charge is 2.25. The number of para-hydroxylation sites is 2. The lowest BCUT2D eigenvalue weighted by atomic mass is 10.0. The molecule has 6 nitrogen and oxygen atoms in total. The molecule has 0 aliphatic carbocycles. The molecule has 0 amide bonds. The molecule has 0 fully saturated rings. The fourth-order valence-corrected chi connectivity index (χ4v) is 3.70. The molecule has 0 saturated heterocycles. The molecule has 28 heavy (non-hydrogen) atoms. The van der Waals surface area contributed by atoms with Gasteiger partial charge in [0.05, 0.1) is 21.3 Å². The smallest absolute Gasteiger partial charge is 0.144 e. The topological polar surface area (TPSA) is 57.5 Å². The Hall–Kier alpha value is -3.15. The first-order valence-corrected chi connectivity index (χ1v) is 9.48. The zero-order valence-electron chi connectivity index (χ0n) is 16.5. The number of hydrogen-bond donors (Lipinski definition) is 1. The summed E-state index contributed by atoms with van der Waals surface area (Å²) >= 11 is 0. The highest BCUT2D eigenvalue weighted by Crippen LogP contribution is 2.40. The lowest BCUT2D eigenvalue weighted by Gasteiger charge is -2.12. The predicted molar refractivity (Wildman–Crippen MR) is 110 cm³/mol. The van der Waals surface area contributed by atoms with Gasteiger partial charge in [0.1, 0.15) is 34.4 Å². The van der Waals surface area contributed by atoms with Gasteiger partial charge in [-0.15, -0.1) is 0 Å². The maximum Gasteiger partial charge on any atom is 0.144 e. The molecule has 1 aliphatic heterocycles. The Labute approximate surface area is 165 Å². The van der Waals surface area contributed by atoms with Gasteiger partial charge in [0, 0.05) is 17.7 Å². The maximum absolute atomic E-state index is 5.63. The first-order chi connectivity index (χ1) is 13.8. The molecule has 0 bridgehead atoms. The number of nitrogens with zero attached hydrogens (tertiary/aromatic N) is 2. The summed E-state index contributed by atoms with van der Waals surface area (Å²) in [5.41, 5.74) is 3.93. The van der Waals surface area contributed by atoms with Gasteiger partial charge in [-0.05, 0) is 49.6 Å². The second kappa shape index (κ2) is 7.84. The Morgan fingerprint density at radius 1 is 0.929 bits per heavy atom. The minimum atomic E-state index is 0.775. The van der Waals surface area contributed by atoms with Crippen molar-refractivity contribution < 1.29 is 14.2 Å². The zero-order valence-corrected chi connectivity index (χ0v) is 16.5. The van der Waals surface area contributed by atoms with Crippen LogP contribution in [0.5, 0.6) is 17.2 Å². The van der Waals surface area contributed by atoms with Crippen LogP contribution in [0.15, 0.2) is 42.5 Å². The molecule has 0 saturated carbocycles. The van der Waals surface area contributed by atoms with Crippen molar-refractivity contribution in [2.24, 2.45) is 0 Å². The van der Waals surface area contributed by atoms with Gasteiger partial charge in [-0.1, -0.05) is 12.1 Å². The third kappa shape index (κ3) is 3.15. The lowest BCUT2D eigenvalue weighted by molar-refractivity contribution is 0.404. The minimum absolute atomic E-state index is 0.775. The number of anilines is 1. The van der Waals surface area contributed by atoms with Gasteiger partial charge < -0.3 is 19.5 Å². The van der Waals surface area contributed by atoms with E-state index in [-0.39, 0.29) is 0 Å². The highest BCUT2D eigenvalue weighted by molar-refractivity contribution is 5.77. The molecule has 1 aromatic heterocycles. The van der Waals surface area contributed by atoms with Crippen LogP contribution in [0.1, 0.15) is 18.4 Å². The molecule has 0 unspecified atom stereocenters. The van der Waals surface area contributed by atoms with Gasteiger partial charge in [-0.25, -0.2) is 4.68 Å². The Morgan fingerprint density at radius 2 is 1.75 bits per heavy atom. The van der Waals surface area contributed by atoms with Crippen molar-refractivity contribution in [1.82, 2.24) is 9.78 Å². The summed E-state index contributed by atoms with van der Waals surface area (Å²) in [7, 11) is 5.03. The number of aromatic nitrogens is 2. The van der Waals surface area contributed by atoms with Crippen molar-refractivity contribution in [3.05, 3.63) is 48.0 Å². The monoisotopic (exact) mass is 379 g/mol. The molecule has 0 atom stereocenters. The lowest BCUT2D eigenvalue weighted by Crippen LogP contribution is -2.08. The molecule has 0 radical (unpaired) electrons. The second-order valence-electron chi connectivity index (χ2n) is 6.71. The SMILES string of the molecule is COc1ccc(OC)c(-c2nn(-c3ccccc3OC)c3c2CCCCN3)c1. The van der Waals surface area contributed by atoms with Gasteiger partial charge in [0.2, 0.25) is 0 Å². The van der Waals surface area contributed by atoms with Crippen LogP contribution < -0.4 is 19.5 Å². The third-order valence-electron chi connectivity index (χ3n) is 5.10. The van der Waals surface area contributed by atoms with E-state index in [4.69, 9.17) is 19.3 Å². The summed E-state index contributed by atoms with van der Waals surface area (Å²) in [5.74, 6) is 3.35. The molecule has 2 aromatic carbocycles. The molecule has 0 spiro atoms. The highest BCUT2D eigenvalue weighted by atomic mass is 16.5. The van der Waals surface area contributed by atoms with E-state index in [0.29, 0.717) is 0 Å². The summed E-state index contributed by atoms with van der Waals surface area (Å²) in [6.45, 7) is 0.919. The van der Waals surface area contributed by atoms with Crippen molar-refractivity contribution in [3.8, 4) is 34.2 Å². The average Bonchev–Trinajstić information content (AvgIpc) is 2.93. The van der Waals surface area contributed by atoms with E-state index in [1.165, 1.54) is 5.56 Å². The number of methoxy groups -OCH3 is 3. The largest absolute Gasteiger partial charge is 0.497 e. The van der Waals surface area contributed by atoms with Crippen LogP contribution in [0, 0.1) is 0 Å². The van der Waals surface area contributed by atoms with Crippen molar-refractivity contribution in [3.63, 3.8) is 0 Å². The normalized spacial score (nSPS) is 13.2. The predicted octanol–water partition coefficient (Wildman–Crippen LogP) is 4.31. The van der Waals surface area contributed by atoms with E-state index in [1.807, 2.05) is 47.1 Å². The number of ether oxygens (including phenoxy) is 3. The standard InChI is InChI=1S/C22H25N3O3/c1-26-15-11-12-19(27-2)17(14-15)21-16-8-6-7-13-23-22(16)25(24-21)18-9-4-5-10-20(18)28-3/h4-5,9-12,14,23H,6-8,13H2,1-3H3. The first kappa shape index (κ1) is 18.2. The summed E-state index contributed by atoms with van der Waals surface area (Å²) in [6, 6.07) is 13.7. The summed E-state index contributed by atoms with van der Waals surface area (Å²) in [6.07, 6.45) is 3.18. The fourth-order valence-electron chi connectivity index (χ4n) is 3.70. The van der Waals surface area contributed by atoms with E-state index in [2.05, 4.69) is 5.32 Å². The minimum Gasteiger partial charge on any atom is -0.497 e. The van der Waals surface area contributed by atoms with E-state index in [9.17, 15) is 0 Å². The Kier molecular flexibility index (Phi) is 5.10. The average molecular weight is 379 g/mol. The molecule has 6 heteroatoms. The number of rotatable bonds is 5. The van der Waals surface area contributed by atoms with Gasteiger partial charge in [-0.3, -0.25) is 0 Å². The van der Waals surface area contributed by atoms with Crippen molar-refractivity contribution in [2.45, 2.75) is 19.3 Å². The molecule has 1 N–H and O–H groups in total. The van der Waals surface area contributed by atoms with Crippen LogP contribution in [-0.2, 0) is 6.42 Å². The Bertz CT molecular complexity index is 981. The van der Waals surface area contributed by atoms with Crippen molar-refractivity contribution in [2.75, 3.05) is 33.2 Å². The quantitative estimate of drug-likeness (QED) is 0.716. The summed E-state index contributed by atoms with van der Waals surface area (Å²) < 4.78 is 18.6. The van der Waals surface area contributed by atoms with Gasteiger partial charge in [0.25, 0.3) is 0 Å². The zero-order chi connectivity index (χ0) is 19.5. The number of benzene rings is 2. The van der Waals surface area contributed by atoms with E-state index >= 15 is 0 Å². The Morgan fingerprint density at radius 3 is 2.54 bits per heavy atom. The van der Waals surface area contributed by atoms with Crippen molar-refractivity contribution >= 4 is 5.82 Å². The number of nitrogens with one attached hydrogen (secondary N) is 1. The molecule has 4 rings (SSSR count). The van der Waals surface area contributed by atoms with Crippen LogP contribution in [0.25, 0.3) is 16.9 Å². The maximum atomic E-state index is 5.63. The van der Waals surface area contributed by atoms with Gasteiger partial charge in [0.15, 0.2) is 0 Å². The van der Waals surface area contributed by atoms with E-state index in [1.54, 1.807) is 21.3 Å². The molecule has 1 aliphatic rings. The second-order valence-corrected chi connectivity index (χ2v) is 6.71. The fraction of sp³-hybridized carbons (Fsp3) is 0.318. The van der Waals surface area contributed by atoms with Gasteiger partial charge >= 0.3 is 0 Å². The molecule has 2 heterocycles. The van der Waals surface area contributed by atoms with Crippen LogP contribution in [0.2, 0.25) is 0 Å². The first-order valence-electron chi connectivity index (χ1n) is 9.48. The number of fused-ring (bicyclic) bond motifs is 1. The molecule has 146 valence electrons. The summed E-state index contributed by atoms with van der Waals surface area (Å²) in [5, 5.41) is 8.58. The molecule has 3 aromatic rings. The van der Waals surface area contributed by atoms with E-state index in [0.717, 1.165) is 65.8 Å². The van der Waals surface area contributed by atoms with Crippen molar-refractivity contribution in [1.29, 1.82) is 0 Å². The van der Waals surface area contributed by atoms with Crippen LogP contribution in [-0.4, -0.2) is 37.7 Å². The van der Waals surface area contributed by atoms with E-state index < -0.39 is 0 Å². The third-order valence-corrected chi connectivity index (χ3v) is 5.10.